The largest absolute Gasteiger partial charge is 0.464 e. The Balaban J connectivity index is 2.12. The molecule has 0 spiro atoms. The summed E-state index contributed by atoms with van der Waals surface area (Å²) in [6, 6.07) is 11.6. The topological polar surface area (TPSA) is 64.1 Å². The molecule has 0 bridgehead atoms. The predicted molar refractivity (Wildman–Crippen MR) is 83.6 cm³/mol. The van der Waals surface area contributed by atoms with Crippen LogP contribution in [-0.2, 0) is 4.74 Å². The summed E-state index contributed by atoms with van der Waals surface area (Å²) in [5.41, 5.74) is 1.39. The number of rotatable bonds is 5. The van der Waals surface area contributed by atoms with Crippen molar-refractivity contribution in [2.75, 3.05) is 18.7 Å². The fourth-order valence-corrected chi connectivity index (χ4v) is 2.64. The third kappa shape index (κ3) is 3.72. The van der Waals surface area contributed by atoms with E-state index in [0.29, 0.717) is 5.82 Å². The molecular formula is C15H17N3O2S. The standard InChI is InChI=1S/C15H17N3O2S/c1-10(11-6-4-5-7-13(11)21-3)16-14-9-8-12(17-18-14)15(19)20-2/h4-10H,1-3H3,(H,16,18)/t10-/m1/s1. The van der Waals surface area contributed by atoms with Crippen molar-refractivity contribution in [1.82, 2.24) is 10.2 Å². The van der Waals surface area contributed by atoms with Gasteiger partial charge in [0, 0.05) is 4.90 Å². The van der Waals surface area contributed by atoms with E-state index >= 15 is 0 Å². The van der Waals surface area contributed by atoms with Gasteiger partial charge in [0.2, 0.25) is 0 Å². The number of nitrogens with one attached hydrogen (secondary N) is 1. The summed E-state index contributed by atoms with van der Waals surface area (Å²) < 4.78 is 4.59. The minimum Gasteiger partial charge on any atom is -0.464 e. The lowest BCUT2D eigenvalue weighted by Crippen LogP contribution is -2.11. The number of methoxy groups -OCH3 is 1. The summed E-state index contributed by atoms with van der Waals surface area (Å²) in [7, 11) is 1.32. The van der Waals surface area contributed by atoms with Crippen LogP contribution in [0.15, 0.2) is 41.3 Å². The highest BCUT2D eigenvalue weighted by Crippen LogP contribution is 2.27. The Labute approximate surface area is 128 Å². The number of hydrogen-bond donors (Lipinski definition) is 1. The van der Waals surface area contributed by atoms with Crippen LogP contribution in [0.5, 0.6) is 0 Å². The highest BCUT2D eigenvalue weighted by molar-refractivity contribution is 7.98. The number of anilines is 1. The molecule has 5 nitrogen and oxygen atoms in total. The Kier molecular flexibility index (Phi) is 5.16. The van der Waals surface area contributed by atoms with E-state index in [4.69, 9.17) is 0 Å². The number of nitrogens with zero attached hydrogens (tertiary/aromatic N) is 2. The first-order valence-corrected chi connectivity index (χ1v) is 7.69. The van der Waals surface area contributed by atoms with Crippen molar-refractivity contribution in [2.24, 2.45) is 0 Å². The van der Waals surface area contributed by atoms with Gasteiger partial charge in [-0.15, -0.1) is 22.0 Å². The Bertz CT molecular complexity index is 617. The Hall–Kier alpha value is -2.08. The first-order valence-electron chi connectivity index (χ1n) is 6.47. The number of carbonyl (C=O) groups is 1. The third-order valence-corrected chi connectivity index (χ3v) is 3.84. The van der Waals surface area contributed by atoms with Crippen LogP contribution in [-0.4, -0.2) is 29.5 Å². The molecular weight excluding hydrogens is 286 g/mol. The number of carbonyl (C=O) groups excluding carboxylic acids is 1. The quantitative estimate of drug-likeness (QED) is 0.676. The van der Waals surface area contributed by atoms with E-state index in [1.807, 2.05) is 12.1 Å². The Morgan fingerprint density at radius 3 is 2.62 bits per heavy atom. The van der Waals surface area contributed by atoms with Crippen LogP contribution in [0.2, 0.25) is 0 Å². The minimum atomic E-state index is -0.491. The summed E-state index contributed by atoms with van der Waals surface area (Å²) >= 11 is 1.71. The molecule has 0 aliphatic rings. The molecule has 110 valence electrons. The smallest absolute Gasteiger partial charge is 0.358 e. The number of benzene rings is 1. The molecule has 0 aliphatic carbocycles. The van der Waals surface area contributed by atoms with Gasteiger partial charge in [0.05, 0.1) is 13.2 Å². The van der Waals surface area contributed by atoms with E-state index in [1.54, 1.807) is 23.9 Å². The fourth-order valence-electron chi connectivity index (χ4n) is 1.95. The molecule has 0 aliphatic heterocycles. The molecule has 1 heterocycles. The maximum absolute atomic E-state index is 11.3. The second-order valence-corrected chi connectivity index (χ2v) is 5.25. The lowest BCUT2D eigenvalue weighted by atomic mass is 10.1. The number of esters is 1. The molecule has 0 fully saturated rings. The van der Waals surface area contributed by atoms with Gasteiger partial charge in [-0.25, -0.2) is 4.79 Å². The van der Waals surface area contributed by atoms with Gasteiger partial charge in [-0.1, -0.05) is 18.2 Å². The zero-order chi connectivity index (χ0) is 15.2. The zero-order valence-electron chi connectivity index (χ0n) is 12.2. The number of thioether (sulfide) groups is 1. The lowest BCUT2D eigenvalue weighted by Gasteiger charge is -2.17. The molecule has 0 amide bonds. The summed E-state index contributed by atoms with van der Waals surface area (Å²) in [5, 5.41) is 11.1. The molecule has 1 aromatic carbocycles. The number of ether oxygens (including phenoxy) is 1. The molecule has 21 heavy (non-hydrogen) atoms. The van der Waals surface area contributed by atoms with Gasteiger partial charge >= 0.3 is 5.97 Å². The van der Waals surface area contributed by atoms with Crippen molar-refractivity contribution in [1.29, 1.82) is 0 Å². The molecule has 1 atom stereocenters. The second-order valence-electron chi connectivity index (χ2n) is 4.40. The molecule has 6 heteroatoms. The summed E-state index contributed by atoms with van der Waals surface area (Å²) in [6.45, 7) is 2.06. The van der Waals surface area contributed by atoms with Crippen molar-refractivity contribution in [3.63, 3.8) is 0 Å². The highest BCUT2D eigenvalue weighted by atomic mass is 32.2. The van der Waals surface area contributed by atoms with Gasteiger partial charge in [0.25, 0.3) is 0 Å². The molecule has 0 saturated carbocycles. The van der Waals surface area contributed by atoms with Crippen molar-refractivity contribution in [2.45, 2.75) is 17.9 Å². The second kappa shape index (κ2) is 7.08. The number of hydrogen-bond acceptors (Lipinski definition) is 6. The fraction of sp³-hybridized carbons (Fsp3) is 0.267. The van der Waals surface area contributed by atoms with Crippen LogP contribution in [0.1, 0.15) is 29.0 Å². The van der Waals surface area contributed by atoms with Crippen molar-refractivity contribution < 1.29 is 9.53 Å². The SMILES string of the molecule is COC(=O)c1ccc(N[C@H](C)c2ccccc2SC)nn1. The predicted octanol–water partition coefficient (Wildman–Crippen LogP) is 3.16. The van der Waals surface area contributed by atoms with Gasteiger partial charge < -0.3 is 10.1 Å². The van der Waals surface area contributed by atoms with Gasteiger partial charge in [0.1, 0.15) is 5.82 Å². The average molecular weight is 303 g/mol. The van der Waals surface area contributed by atoms with Crippen molar-refractivity contribution in [3.05, 3.63) is 47.7 Å². The van der Waals surface area contributed by atoms with Gasteiger partial charge in [-0.2, -0.15) is 0 Å². The van der Waals surface area contributed by atoms with E-state index in [9.17, 15) is 4.79 Å². The van der Waals surface area contributed by atoms with Crippen LogP contribution in [0.4, 0.5) is 5.82 Å². The summed E-state index contributed by atoms with van der Waals surface area (Å²) in [6.07, 6.45) is 2.05. The van der Waals surface area contributed by atoms with Crippen LogP contribution < -0.4 is 5.32 Å². The van der Waals surface area contributed by atoms with E-state index < -0.39 is 5.97 Å². The first-order chi connectivity index (χ1) is 10.2. The highest BCUT2D eigenvalue weighted by Gasteiger charge is 2.12. The molecule has 1 N–H and O–H groups in total. The third-order valence-electron chi connectivity index (χ3n) is 3.03. The average Bonchev–Trinajstić information content (AvgIpc) is 2.54. The maximum atomic E-state index is 11.3. The van der Waals surface area contributed by atoms with Crippen molar-refractivity contribution in [3.8, 4) is 0 Å². The van der Waals surface area contributed by atoms with Crippen LogP contribution in [0.25, 0.3) is 0 Å². The molecule has 2 rings (SSSR count). The Morgan fingerprint density at radius 2 is 2.00 bits per heavy atom. The van der Waals surface area contributed by atoms with Gasteiger partial charge in [-0.05, 0) is 36.9 Å². The van der Waals surface area contributed by atoms with Crippen LogP contribution in [0, 0.1) is 0 Å². The maximum Gasteiger partial charge on any atom is 0.358 e. The lowest BCUT2D eigenvalue weighted by molar-refractivity contribution is 0.0593. The van der Waals surface area contributed by atoms with E-state index in [2.05, 4.69) is 45.6 Å². The van der Waals surface area contributed by atoms with E-state index in [-0.39, 0.29) is 11.7 Å². The molecule has 2 aromatic rings. The number of aromatic nitrogens is 2. The van der Waals surface area contributed by atoms with Crippen molar-refractivity contribution >= 4 is 23.5 Å². The van der Waals surface area contributed by atoms with E-state index in [0.717, 1.165) is 0 Å². The normalized spacial score (nSPS) is 11.8. The van der Waals surface area contributed by atoms with Gasteiger partial charge in [0.15, 0.2) is 5.69 Å². The molecule has 1 aromatic heterocycles. The van der Waals surface area contributed by atoms with E-state index in [1.165, 1.54) is 17.6 Å². The summed E-state index contributed by atoms with van der Waals surface area (Å²) in [4.78, 5) is 12.5. The molecule has 0 unspecified atom stereocenters. The zero-order valence-corrected chi connectivity index (χ0v) is 13.0. The van der Waals surface area contributed by atoms with Crippen LogP contribution >= 0.6 is 11.8 Å². The molecule has 0 radical (unpaired) electrons. The monoisotopic (exact) mass is 303 g/mol. The summed E-state index contributed by atoms with van der Waals surface area (Å²) in [5.74, 6) is 0.126. The molecule has 0 saturated heterocycles. The van der Waals surface area contributed by atoms with Gasteiger partial charge in [-0.3, -0.25) is 0 Å². The van der Waals surface area contributed by atoms with Crippen LogP contribution in [0.3, 0.4) is 0 Å². The minimum absolute atomic E-state index is 0.0897. The first kappa shape index (κ1) is 15.3. The Morgan fingerprint density at radius 1 is 1.24 bits per heavy atom.